The Kier molecular flexibility index (Phi) is 4.21. The Morgan fingerprint density at radius 1 is 1.00 bits per heavy atom. The van der Waals surface area contributed by atoms with E-state index in [0.29, 0.717) is 10.0 Å². The van der Waals surface area contributed by atoms with Crippen LogP contribution >= 0.6 is 31.9 Å². The van der Waals surface area contributed by atoms with Crippen LogP contribution in [0.4, 0.5) is 4.39 Å². The third-order valence-corrected chi connectivity index (χ3v) is 4.37. The van der Waals surface area contributed by atoms with Crippen LogP contribution in [0.25, 0.3) is 0 Å². The molecule has 0 N–H and O–H groups in total. The first-order chi connectivity index (χ1) is 8.90. The predicted octanol–water partition coefficient (Wildman–Crippen LogP) is 5.20. The average molecular weight is 386 g/mol. The van der Waals surface area contributed by atoms with Crippen LogP contribution in [0.1, 0.15) is 27.0 Å². The lowest BCUT2D eigenvalue weighted by Gasteiger charge is -2.08. The molecule has 1 nitrogen and oxygen atoms in total. The van der Waals surface area contributed by atoms with Gasteiger partial charge in [-0.05, 0) is 43.7 Å². The number of hydrogen-bond acceptors (Lipinski definition) is 1. The van der Waals surface area contributed by atoms with Gasteiger partial charge in [0.1, 0.15) is 5.82 Å². The summed E-state index contributed by atoms with van der Waals surface area (Å²) in [6.07, 6.45) is 0. The van der Waals surface area contributed by atoms with Crippen molar-refractivity contribution >= 4 is 37.6 Å². The lowest BCUT2D eigenvalue weighted by molar-refractivity contribution is 0.103. The van der Waals surface area contributed by atoms with Crippen molar-refractivity contribution in [2.75, 3.05) is 0 Å². The van der Waals surface area contributed by atoms with Crippen molar-refractivity contribution in [1.82, 2.24) is 0 Å². The van der Waals surface area contributed by atoms with Crippen LogP contribution in [0, 0.1) is 19.7 Å². The maximum Gasteiger partial charge on any atom is 0.197 e. The Morgan fingerprint density at radius 2 is 1.68 bits per heavy atom. The van der Waals surface area contributed by atoms with Crippen LogP contribution in [0.15, 0.2) is 39.3 Å². The molecule has 0 radical (unpaired) electrons. The summed E-state index contributed by atoms with van der Waals surface area (Å²) in [5, 5.41) is 0. The highest BCUT2D eigenvalue weighted by Crippen LogP contribution is 2.28. The van der Waals surface area contributed by atoms with Crippen molar-refractivity contribution in [2.24, 2.45) is 0 Å². The van der Waals surface area contributed by atoms with E-state index in [-0.39, 0.29) is 11.3 Å². The minimum Gasteiger partial charge on any atom is -0.288 e. The molecule has 0 saturated carbocycles. The number of carbonyl (C=O) groups is 1. The van der Waals surface area contributed by atoms with E-state index in [1.807, 2.05) is 19.9 Å². The molecule has 0 amide bonds. The fourth-order valence-corrected chi connectivity index (χ4v) is 2.76. The molecule has 0 fully saturated rings. The molecule has 0 aromatic heterocycles. The monoisotopic (exact) mass is 384 g/mol. The maximum atomic E-state index is 13.8. The lowest BCUT2D eigenvalue weighted by Crippen LogP contribution is -2.06. The van der Waals surface area contributed by atoms with Gasteiger partial charge in [0, 0.05) is 14.5 Å². The molecular formula is C15H11Br2FO. The standard InChI is InChI=1S/C15H11Br2FO/c1-8-3-4-14(18)11(5-8)15(19)10-7-12(16)9(2)6-13(10)17/h3-7H,1-2H3. The Balaban J connectivity index is 2.56. The van der Waals surface area contributed by atoms with Gasteiger partial charge >= 0.3 is 0 Å². The largest absolute Gasteiger partial charge is 0.288 e. The van der Waals surface area contributed by atoms with Gasteiger partial charge in [-0.1, -0.05) is 43.5 Å². The molecule has 2 rings (SSSR count). The Labute approximate surface area is 128 Å². The summed E-state index contributed by atoms with van der Waals surface area (Å²) in [5.41, 5.74) is 2.40. The molecule has 2 aromatic carbocycles. The van der Waals surface area contributed by atoms with Crippen LogP contribution in [-0.4, -0.2) is 5.78 Å². The van der Waals surface area contributed by atoms with Gasteiger partial charge in [0.25, 0.3) is 0 Å². The number of hydrogen-bond donors (Lipinski definition) is 0. The Bertz CT molecular complexity index is 665. The molecule has 2 aromatic rings. The van der Waals surface area contributed by atoms with E-state index >= 15 is 0 Å². The van der Waals surface area contributed by atoms with Crippen LogP contribution < -0.4 is 0 Å². The molecule has 0 bridgehead atoms. The molecule has 0 unspecified atom stereocenters. The fourth-order valence-electron chi connectivity index (χ4n) is 1.78. The normalized spacial score (nSPS) is 10.6. The van der Waals surface area contributed by atoms with Gasteiger partial charge in [0.2, 0.25) is 0 Å². The molecule has 0 aliphatic heterocycles. The minimum atomic E-state index is -0.501. The first-order valence-electron chi connectivity index (χ1n) is 5.66. The molecule has 0 spiro atoms. The molecule has 98 valence electrons. The van der Waals surface area contributed by atoms with E-state index in [1.54, 1.807) is 18.2 Å². The van der Waals surface area contributed by atoms with E-state index < -0.39 is 5.82 Å². The second kappa shape index (κ2) is 5.55. The Hall–Kier alpha value is -1.000. The molecule has 0 heterocycles. The van der Waals surface area contributed by atoms with Gasteiger partial charge in [0.05, 0.1) is 5.56 Å². The van der Waals surface area contributed by atoms with Crippen molar-refractivity contribution in [1.29, 1.82) is 0 Å². The zero-order valence-electron chi connectivity index (χ0n) is 10.4. The fraction of sp³-hybridized carbons (Fsp3) is 0.133. The van der Waals surface area contributed by atoms with E-state index in [4.69, 9.17) is 0 Å². The molecule has 4 heteroatoms. The zero-order chi connectivity index (χ0) is 14.2. The molecule has 0 aliphatic rings. The predicted molar refractivity (Wildman–Crippen MR) is 81.1 cm³/mol. The van der Waals surface area contributed by atoms with Crippen LogP contribution in [0.5, 0.6) is 0 Å². The topological polar surface area (TPSA) is 17.1 Å². The first kappa shape index (κ1) is 14.4. The van der Waals surface area contributed by atoms with Crippen molar-refractivity contribution in [2.45, 2.75) is 13.8 Å². The van der Waals surface area contributed by atoms with Crippen LogP contribution in [0.2, 0.25) is 0 Å². The van der Waals surface area contributed by atoms with Gasteiger partial charge in [-0.2, -0.15) is 0 Å². The van der Waals surface area contributed by atoms with E-state index in [9.17, 15) is 9.18 Å². The molecule has 0 aliphatic carbocycles. The maximum absolute atomic E-state index is 13.8. The highest BCUT2D eigenvalue weighted by atomic mass is 79.9. The number of halogens is 3. The van der Waals surface area contributed by atoms with Gasteiger partial charge in [0.15, 0.2) is 5.78 Å². The van der Waals surface area contributed by atoms with Crippen molar-refractivity contribution < 1.29 is 9.18 Å². The smallest absolute Gasteiger partial charge is 0.197 e. The summed E-state index contributed by atoms with van der Waals surface area (Å²) in [4.78, 5) is 12.4. The molecule has 19 heavy (non-hydrogen) atoms. The second-order valence-corrected chi connectivity index (χ2v) is 6.10. The van der Waals surface area contributed by atoms with E-state index in [0.717, 1.165) is 15.6 Å². The van der Waals surface area contributed by atoms with Crippen LogP contribution in [0.3, 0.4) is 0 Å². The van der Waals surface area contributed by atoms with Gasteiger partial charge in [-0.3, -0.25) is 4.79 Å². The minimum absolute atomic E-state index is 0.0939. The summed E-state index contributed by atoms with van der Waals surface area (Å²) in [5.74, 6) is -0.826. The van der Waals surface area contributed by atoms with Crippen molar-refractivity contribution in [3.63, 3.8) is 0 Å². The molecule has 0 saturated heterocycles. The number of aryl methyl sites for hydroxylation is 2. The lowest BCUT2D eigenvalue weighted by atomic mass is 10.0. The van der Waals surface area contributed by atoms with Crippen molar-refractivity contribution in [3.8, 4) is 0 Å². The summed E-state index contributed by atoms with van der Waals surface area (Å²) < 4.78 is 15.3. The van der Waals surface area contributed by atoms with Crippen molar-refractivity contribution in [3.05, 3.63) is 67.3 Å². The number of rotatable bonds is 2. The summed E-state index contributed by atoms with van der Waals surface area (Å²) >= 11 is 6.75. The first-order valence-corrected chi connectivity index (χ1v) is 7.25. The third kappa shape index (κ3) is 2.95. The zero-order valence-corrected chi connectivity index (χ0v) is 13.6. The Morgan fingerprint density at radius 3 is 2.37 bits per heavy atom. The highest BCUT2D eigenvalue weighted by molar-refractivity contribution is 9.11. The van der Waals surface area contributed by atoms with Crippen LogP contribution in [-0.2, 0) is 0 Å². The highest BCUT2D eigenvalue weighted by Gasteiger charge is 2.17. The van der Waals surface area contributed by atoms with Gasteiger partial charge in [-0.25, -0.2) is 4.39 Å². The van der Waals surface area contributed by atoms with Gasteiger partial charge in [-0.15, -0.1) is 0 Å². The average Bonchev–Trinajstić information content (AvgIpc) is 2.36. The second-order valence-electron chi connectivity index (χ2n) is 4.39. The summed E-state index contributed by atoms with van der Waals surface area (Å²) in [7, 11) is 0. The van der Waals surface area contributed by atoms with E-state index in [2.05, 4.69) is 31.9 Å². The number of ketones is 1. The molecule has 0 atom stereocenters. The number of benzene rings is 2. The molecular weight excluding hydrogens is 375 g/mol. The summed E-state index contributed by atoms with van der Waals surface area (Å²) in [6.45, 7) is 3.76. The summed E-state index contributed by atoms with van der Waals surface area (Å²) in [6, 6.07) is 8.08. The SMILES string of the molecule is Cc1ccc(F)c(C(=O)c2cc(Br)c(C)cc2Br)c1. The number of carbonyl (C=O) groups excluding carboxylic acids is 1. The van der Waals surface area contributed by atoms with E-state index in [1.165, 1.54) is 6.07 Å². The quantitative estimate of drug-likeness (QED) is 0.649. The van der Waals surface area contributed by atoms with Gasteiger partial charge < -0.3 is 0 Å². The third-order valence-electron chi connectivity index (χ3n) is 2.86.